The Labute approximate surface area is 325 Å². The third-order valence-electron chi connectivity index (χ3n) is 9.20. The smallest absolute Gasteiger partial charge is 0.128 e. The maximum atomic E-state index is 8.49. The second kappa shape index (κ2) is 15.7. The van der Waals surface area contributed by atoms with Crippen LogP contribution in [0.25, 0.3) is 66.0 Å². The number of hydrogen-bond acceptors (Lipinski definition) is 3. The molecule has 8 aromatic rings. The zero-order valence-electron chi connectivity index (χ0n) is 33.0. The van der Waals surface area contributed by atoms with Gasteiger partial charge < -0.3 is 14.4 Å². The molecule has 0 N–H and O–H groups in total. The van der Waals surface area contributed by atoms with Gasteiger partial charge in [0, 0.05) is 46.0 Å². The Kier molecular flexibility index (Phi) is 10.4. The van der Waals surface area contributed by atoms with E-state index >= 15 is 0 Å². The van der Waals surface area contributed by atoms with Gasteiger partial charge in [0.25, 0.3) is 0 Å². The van der Waals surface area contributed by atoms with Crippen molar-refractivity contribution in [1.82, 2.24) is 9.97 Å². The average molecular weight is 877 g/mol. The number of hydrogen-bond donors (Lipinski definition) is 0. The minimum atomic E-state index is -1.45. The van der Waals surface area contributed by atoms with Gasteiger partial charge in [-0.15, -0.1) is 54.1 Å². The van der Waals surface area contributed by atoms with Gasteiger partial charge in [-0.3, -0.25) is 0 Å². The van der Waals surface area contributed by atoms with Crippen LogP contribution in [0.15, 0.2) is 120 Å². The summed E-state index contributed by atoms with van der Waals surface area (Å²) in [5.74, 6) is 0.514. The molecule has 1 radical (unpaired) electrons. The monoisotopic (exact) mass is 877 g/mol. The standard InChI is InChI=1S/C29H22NO.C18H24NSi.Ir/c1-18(2)16-19-14-15-30-27(17-19)26-9-5-8-23-25-13-12-22-21-7-4-3-6-20(21)10-11-24(22)28(25)31-29(23)26;1-14(2)11-16-12-17(15-9-7-6-8-10-15)19-13-18(16)20(3,4)5;/h3-8,10-15,17-18H,16H2,1-2H3;6-9,12-14H,11H2,1-5H3;/q2*-1;/i16D2;;. The second-order valence-corrected chi connectivity index (χ2v) is 20.1. The van der Waals surface area contributed by atoms with Crippen LogP contribution in [0.4, 0.5) is 0 Å². The van der Waals surface area contributed by atoms with Crippen LogP contribution >= 0.6 is 0 Å². The van der Waals surface area contributed by atoms with Gasteiger partial charge in [-0.05, 0) is 63.4 Å². The first-order valence-corrected chi connectivity index (χ1v) is 21.4. The molecule has 5 aromatic carbocycles. The van der Waals surface area contributed by atoms with E-state index in [1.165, 1.54) is 21.5 Å². The maximum Gasteiger partial charge on any atom is 0.128 e. The predicted octanol–water partition coefficient (Wildman–Crippen LogP) is 12.2. The molecule has 0 aliphatic rings. The second-order valence-electron chi connectivity index (χ2n) is 15.1. The molecule has 0 fully saturated rings. The molecule has 0 aliphatic heterocycles. The van der Waals surface area contributed by atoms with Crippen molar-refractivity contribution < 1.29 is 27.3 Å². The third-order valence-corrected chi connectivity index (χ3v) is 11.3. The van der Waals surface area contributed by atoms with Crippen LogP contribution in [0.2, 0.25) is 19.6 Å². The van der Waals surface area contributed by atoms with Gasteiger partial charge in [-0.2, -0.15) is 0 Å². The van der Waals surface area contributed by atoms with Crippen LogP contribution in [-0.4, -0.2) is 18.0 Å². The fraction of sp³-hybridized carbons (Fsp3) is 0.234. The first kappa shape index (κ1) is 34.7. The Bertz CT molecular complexity index is 2570. The normalized spacial score (nSPS) is 12.6. The molecule has 8 rings (SSSR count). The Balaban J connectivity index is 0.000000205. The van der Waals surface area contributed by atoms with Crippen molar-refractivity contribution in [3.63, 3.8) is 0 Å². The maximum absolute atomic E-state index is 8.49. The Morgan fingerprint density at radius 3 is 2.17 bits per heavy atom. The van der Waals surface area contributed by atoms with Crippen LogP contribution < -0.4 is 5.19 Å². The van der Waals surface area contributed by atoms with E-state index in [2.05, 4.69) is 122 Å². The van der Waals surface area contributed by atoms with Crippen molar-refractivity contribution in [2.24, 2.45) is 11.8 Å². The van der Waals surface area contributed by atoms with Crippen molar-refractivity contribution in [3.8, 4) is 22.5 Å². The van der Waals surface area contributed by atoms with Crippen LogP contribution in [0.1, 0.15) is 41.6 Å². The van der Waals surface area contributed by atoms with Crippen LogP contribution in [0, 0.1) is 24.0 Å². The van der Waals surface area contributed by atoms with E-state index < -0.39 is 14.4 Å². The molecule has 3 heterocycles. The van der Waals surface area contributed by atoms with Gasteiger partial charge in [0.2, 0.25) is 0 Å². The van der Waals surface area contributed by atoms with Crippen molar-refractivity contribution in [1.29, 1.82) is 0 Å². The van der Waals surface area contributed by atoms with Crippen molar-refractivity contribution in [3.05, 3.63) is 139 Å². The topological polar surface area (TPSA) is 38.9 Å². The van der Waals surface area contributed by atoms with E-state index in [-0.39, 0.29) is 26.0 Å². The minimum absolute atomic E-state index is 0. The summed E-state index contributed by atoms with van der Waals surface area (Å²) in [5.41, 5.74) is 7.20. The first-order chi connectivity index (χ1) is 25.3. The molecule has 0 atom stereocenters. The molecule has 0 aliphatic carbocycles. The molecule has 0 spiro atoms. The molecule has 3 aromatic heterocycles. The zero-order valence-corrected chi connectivity index (χ0v) is 34.4. The van der Waals surface area contributed by atoms with Gasteiger partial charge >= 0.3 is 0 Å². The number of pyridine rings is 2. The van der Waals surface area contributed by atoms with E-state index in [9.17, 15) is 0 Å². The minimum Gasteiger partial charge on any atom is -0.500 e. The molecule has 0 saturated carbocycles. The van der Waals surface area contributed by atoms with Crippen LogP contribution in [-0.2, 0) is 32.9 Å². The summed E-state index contributed by atoms with van der Waals surface area (Å²) in [6.45, 7) is 15.5. The van der Waals surface area contributed by atoms with Crippen molar-refractivity contribution >= 4 is 56.7 Å². The van der Waals surface area contributed by atoms with E-state index in [1.807, 2.05) is 50.2 Å². The van der Waals surface area contributed by atoms with E-state index in [1.54, 1.807) is 12.3 Å². The molecule has 0 amide bonds. The van der Waals surface area contributed by atoms with Crippen molar-refractivity contribution in [2.75, 3.05) is 0 Å². The summed E-state index contributed by atoms with van der Waals surface area (Å²) in [6.07, 6.45) is 3.46. The summed E-state index contributed by atoms with van der Waals surface area (Å²) < 4.78 is 23.5. The number of furan rings is 1. The fourth-order valence-electron chi connectivity index (χ4n) is 6.95. The van der Waals surface area contributed by atoms with E-state index in [0.717, 1.165) is 56.0 Å². The van der Waals surface area contributed by atoms with E-state index in [4.69, 9.17) is 7.16 Å². The number of rotatable bonds is 7. The Morgan fingerprint density at radius 2 is 1.42 bits per heavy atom. The quantitative estimate of drug-likeness (QED) is 0.0910. The third kappa shape index (κ3) is 7.83. The summed E-state index contributed by atoms with van der Waals surface area (Å²) in [6, 6.07) is 41.3. The van der Waals surface area contributed by atoms with Crippen LogP contribution in [0.5, 0.6) is 0 Å². The number of fused-ring (bicyclic) bond motifs is 7. The van der Waals surface area contributed by atoms with Gasteiger partial charge in [0.05, 0.1) is 13.7 Å². The SMILES string of the molecule is CC(C)Cc1cc(-c2[c-]cccc2)ncc1[Si](C)(C)C.[2H]C([2H])(c1ccnc(-c2[c-]ccc3c2oc2c3ccc3c4ccccc4ccc32)c1)C(C)C.[Ir]. The molecule has 0 unspecified atom stereocenters. The number of aromatic nitrogens is 2. The van der Waals surface area contributed by atoms with Crippen molar-refractivity contribution in [2.45, 2.75) is 60.1 Å². The number of benzene rings is 5. The molecular weight excluding hydrogens is 829 g/mol. The van der Waals surface area contributed by atoms with Gasteiger partial charge in [-0.1, -0.05) is 130 Å². The van der Waals surface area contributed by atoms with Crippen LogP contribution in [0.3, 0.4) is 0 Å². The largest absolute Gasteiger partial charge is 0.500 e. The molecule has 5 heteroatoms. The Hall–Kier alpha value is -4.41. The van der Waals surface area contributed by atoms with Gasteiger partial charge in [0.15, 0.2) is 0 Å². The van der Waals surface area contributed by atoms with Gasteiger partial charge in [-0.25, -0.2) is 0 Å². The first-order valence-electron chi connectivity index (χ1n) is 18.9. The van der Waals surface area contributed by atoms with Gasteiger partial charge in [0.1, 0.15) is 5.58 Å². The fourth-order valence-corrected chi connectivity index (χ4v) is 8.54. The molecule has 0 bridgehead atoms. The average Bonchev–Trinajstić information content (AvgIpc) is 3.54. The predicted molar refractivity (Wildman–Crippen MR) is 219 cm³/mol. The molecule has 3 nitrogen and oxygen atoms in total. The molecular formula is C47H46IrN2OSi-2. The summed E-state index contributed by atoms with van der Waals surface area (Å²) in [7, 11) is -1.34. The Morgan fingerprint density at radius 1 is 0.692 bits per heavy atom. The molecule has 265 valence electrons. The van der Waals surface area contributed by atoms with E-state index in [0.29, 0.717) is 17.2 Å². The summed E-state index contributed by atoms with van der Waals surface area (Å²) in [4.78, 5) is 9.23. The number of nitrogens with zero attached hydrogens (tertiary/aromatic N) is 2. The summed E-state index contributed by atoms with van der Waals surface area (Å²) >= 11 is 0. The zero-order chi connectivity index (χ0) is 37.5. The molecule has 0 saturated heterocycles. The summed E-state index contributed by atoms with van der Waals surface area (Å²) in [5, 5.41) is 8.20. The molecule has 52 heavy (non-hydrogen) atoms.